The maximum absolute atomic E-state index is 14.3. The van der Waals surface area contributed by atoms with Crippen molar-refractivity contribution in [3.8, 4) is 5.75 Å². The number of aromatic hydroxyl groups is 1. The molecule has 0 heterocycles. The first kappa shape index (κ1) is 68.7. The summed E-state index contributed by atoms with van der Waals surface area (Å²) in [5.74, 6) is -8.42. The van der Waals surface area contributed by atoms with Gasteiger partial charge in [-0.15, -0.1) is 0 Å². The van der Waals surface area contributed by atoms with E-state index in [4.69, 9.17) is 17.2 Å². The summed E-state index contributed by atoms with van der Waals surface area (Å²) < 4.78 is -1.27. The Morgan fingerprint density at radius 3 is 1.56 bits per heavy atom. The van der Waals surface area contributed by atoms with Crippen LogP contribution in [0.1, 0.15) is 76.0 Å². The summed E-state index contributed by atoms with van der Waals surface area (Å²) in [6.07, 6.45) is 2.08. The van der Waals surface area contributed by atoms with Crippen molar-refractivity contribution in [2.24, 2.45) is 17.2 Å². The molecule has 17 N–H and O–H groups in total. The number of aliphatic hydroxyl groups is 1. The molecule has 4 rings (SSSR count). The third-order valence-corrected chi connectivity index (χ3v) is 14.0. The second-order valence-corrected chi connectivity index (χ2v) is 22.3. The molecule has 24 nitrogen and oxygen atoms in total. The molecule has 0 saturated heterocycles. The lowest BCUT2D eigenvalue weighted by molar-refractivity contribution is -0.135. The van der Waals surface area contributed by atoms with Crippen LogP contribution in [-0.2, 0) is 67.2 Å². The van der Waals surface area contributed by atoms with E-state index in [1.807, 2.05) is 36.4 Å². The average Bonchev–Trinajstić information content (AvgIpc) is 3.61. The van der Waals surface area contributed by atoms with E-state index in [2.05, 4.69) is 73.1 Å². The summed E-state index contributed by atoms with van der Waals surface area (Å²) in [4.78, 5) is 136. The minimum absolute atomic E-state index is 0.00839. The van der Waals surface area contributed by atoms with Crippen molar-refractivity contribution in [3.05, 3.63) is 114 Å². The molecular formula is C58H80N12O12S2. The Labute approximate surface area is 499 Å². The van der Waals surface area contributed by atoms with Gasteiger partial charge in [0.1, 0.15) is 54.1 Å². The van der Waals surface area contributed by atoms with E-state index in [0.29, 0.717) is 55.5 Å². The molecular weight excluding hydrogens is 1120 g/mol. The first-order valence-electron chi connectivity index (χ1n) is 27.6. The number of aliphatic hydroxyl groups excluding tert-OH is 1. The maximum atomic E-state index is 14.3. The van der Waals surface area contributed by atoms with Crippen molar-refractivity contribution in [2.45, 2.75) is 132 Å². The molecule has 4 aromatic carbocycles. The molecule has 0 spiro atoms. The van der Waals surface area contributed by atoms with E-state index in [-0.39, 0.29) is 43.6 Å². The van der Waals surface area contributed by atoms with Crippen molar-refractivity contribution in [3.63, 3.8) is 0 Å². The molecule has 8 atom stereocenters. The van der Waals surface area contributed by atoms with Crippen molar-refractivity contribution in [1.29, 1.82) is 0 Å². The zero-order valence-corrected chi connectivity index (χ0v) is 49.1. The zero-order valence-electron chi connectivity index (χ0n) is 47.4. The number of thiol groups is 2. The lowest BCUT2D eigenvalue weighted by atomic mass is 9.98. The quantitative estimate of drug-likeness (QED) is 0.0193. The summed E-state index contributed by atoms with van der Waals surface area (Å²) in [5.41, 5.74) is 18.6. The van der Waals surface area contributed by atoms with Crippen molar-refractivity contribution in [2.75, 3.05) is 32.0 Å². The number of hydrogen-bond donors (Lipinski definition) is 16. The Balaban J connectivity index is 1.51. The van der Waals surface area contributed by atoms with E-state index in [1.165, 1.54) is 19.1 Å². The number of benzene rings is 4. The minimum atomic E-state index is -1.69. The van der Waals surface area contributed by atoms with Gasteiger partial charge in [-0.3, -0.25) is 47.9 Å². The van der Waals surface area contributed by atoms with Crippen molar-refractivity contribution in [1.82, 2.24) is 47.9 Å². The number of phenolic OH excluding ortho intramolecular Hbond substituents is 1. The van der Waals surface area contributed by atoms with Crippen LogP contribution in [0.5, 0.6) is 5.75 Å². The number of carbonyl (C=O) groups is 10. The van der Waals surface area contributed by atoms with Gasteiger partial charge >= 0.3 is 0 Å². The molecule has 0 aromatic heterocycles. The van der Waals surface area contributed by atoms with Crippen LogP contribution >= 0.6 is 25.3 Å². The van der Waals surface area contributed by atoms with Gasteiger partial charge in [0.15, 0.2) is 0 Å². The summed E-state index contributed by atoms with van der Waals surface area (Å²) in [5, 5.41) is 45.0. The van der Waals surface area contributed by atoms with Gasteiger partial charge in [-0.05, 0) is 105 Å². The molecule has 0 unspecified atom stereocenters. The van der Waals surface area contributed by atoms with E-state index in [9.17, 15) is 58.2 Å². The van der Waals surface area contributed by atoms with E-state index in [1.54, 1.807) is 62.4 Å². The molecule has 0 aliphatic rings. The second-order valence-electron chi connectivity index (χ2n) is 20.8. The van der Waals surface area contributed by atoms with Gasteiger partial charge in [0.2, 0.25) is 59.1 Å². The normalized spacial score (nSPS) is 14.1. The predicted octanol–water partition coefficient (Wildman–Crippen LogP) is -1.04. The number of carbonyl (C=O) groups excluding carboxylic acids is 10. The number of primary amides is 1. The van der Waals surface area contributed by atoms with Crippen molar-refractivity contribution >= 4 is 95.1 Å². The molecule has 0 aliphatic heterocycles. The Morgan fingerprint density at radius 2 is 0.976 bits per heavy atom. The Hall–Kier alpha value is -7.78. The number of unbranched alkanes of at least 4 members (excludes halogenated alkanes) is 2. The summed E-state index contributed by atoms with van der Waals surface area (Å²) in [6.45, 7) is 3.25. The number of nitrogens with one attached hydrogen (secondary N) is 9. The first-order chi connectivity index (χ1) is 40.0. The molecule has 26 heteroatoms. The highest BCUT2D eigenvalue weighted by molar-refractivity contribution is 7.81. The number of rotatable bonds is 35. The summed E-state index contributed by atoms with van der Waals surface area (Å²) in [6, 6.07) is 16.6. The van der Waals surface area contributed by atoms with Gasteiger partial charge in [-0.2, -0.15) is 25.3 Å². The molecule has 0 aliphatic carbocycles. The topological polar surface area (TPSA) is 397 Å². The molecule has 10 amide bonds. The smallest absolute Gasteiger partial charge is 0.245 e. The number of nitrogens with two attached hydrogens (primary N) is 3. The van der Waals surface area contributed by atoms with Gasteiger partial charge < -0.3 is 75.3 Å². The van der Waals surface area contributed by atoms with Gasteiger partial charge in [0.05, 0.1) is 13.2 Å². The Bertz CT molecular complexity index is 2880. The second kappa shape index (κ2) is 34.7. The standard InChI is InChI=1S/C58H80N12O12S2/c1-34(72)63-44(29-36-20-23-40(73)24-21-36)54(79)70-49(58(2,3)84)57(82)68-43(30-37-19-22-38-15-7-8-16-39(38)27-37)51(76)62-31-48(74)64-46(32-71)55(80)67-45(28-35-13-5-4-6-14-35)53(78)69-47(33-83)56(81)66-42(18-10-12-26-60)52(77)65-41(50(61)75)17-9-11-25-59/h4-8,13-16,19-24,27,41-47,49,71,73,83-84H,9-12,17-18,25-26,28-33,59-60H2,1-3H3,(H2,61,75)(H,62,76)(H,63,72)(H,64,74)(H,65,77)(H,66,81)(H,67,80)(H,68,82)(H,69,78)(H,70,79)/t41-,42-,43-,44-,45-,46-,47-,49+/m0/s1. The van der Waals surface area contributed by atoms with Crippen LogP contribution in [0.4, 0.5) is 0 Å². The Morgan fingerprint density at radius 1 is 0.512 bits per heavy atom. The van der Waals surface area contributed by atoms with Gasteiger partial charge in [0.25, 0.3) is 0 Å². The third-order valence-electron chi connectivity index (χ3n) is 13.4. The highest BCUT2D eigenvalue weighted by Crippen LogP contribution is 2.21. The van der Waals surface area contributed by atoms with Gasteiger partial charge in [-0.25, -0.2) is 0 Å². The van der Waals surface area contributed by atoms with E-state index < -0.39 is 125 Å². The molecule has 456 valence electrons. The number of amides is 10. The van der Waals surface area contributed by atoms with E-state index >= 15 is 0 Å². The predicted molar refractivity (Wildman–Crippen MR) is 323 cm³/mol. The highest BCUT2D eigenvalue weighted by Gasteiger charge is 2.38. The molecule has 84 heavy (non-hydrogen) atoms. The monoisotopic (exact) mass is 1200 g/mol. The zero-order chi connectivity index (χ0) is 61.9. The van der Waals surface area contributed by atoms with E-state index in [0.717, 1.165) is 10.8 Å². The fourth-order valence-electron chi connectivity index (χ4n) is 8.81. The molecule has 0 fully saturated rings. The Kier molecular flexibility index (Phi) is 28.4. The maximum Gasteiger partial charge on any atom is 0.245 e. The largest absolute Gasteiger partial charge is 0.508 e. The van der Waals surface area contributed by atoms with Crippen LogP contribution in [0.2, 0.25) is 0 Å². The van der Waals surface area contributed by atoms with Gasteiger partial charge in [-0.1, -0.05) is 84.9 Å². The lowest BCUT2D eigenvalue weighted by Crippen LogP contribution is -2.62. The molecule has 0 saturated carbocycles. The minimum Gasteiger partial charge on any atom is -0.508 e. The molecule has 0 bridgehead atoms. The first-order valence-corrected chi connectivity index (χ1v) is 28.6. The van der Waals surface area contributed by atoms with Gasteiger partial charge in [0, 0.05) is 36.7 Å². The SMILES string of the molecule is CC(=O)N[C@@H](Cc1ccc(O)cc1)C(=O)N[C@H](C(=O)N[C@@H](Cc1ccc2ccccc2c1)C(=O)NCC(=O)N[C@@H](CO)C(=O)N[C@@H](Cc1ccccc1)C(=O)N[C@@H](CS)C(=O)N[C@@H](CCCCN)C(=O)N[C@@H](CCCCN)C(N)=O)C(C)(C)S. The fraction of sp³-hybridized carbons (Fsp3) is 0.448. The number of phenols is 1. The summed E-state index contributed by atoms with van der Waals surface area (Å²) >= 11 is 8.91. The summed E-state index contributed by atoms with van der Waals surface area (Å²) in [7, 11) is 0. The average molecular weight is 1200 g/mol. The number of fused-ring (bicyclic) bond motifs is 1. The fourth-order valence-corrected chi connectivity index (χ4v) is 9.25. The third kappa shape index (κ3) is 23.1. The van der Waals surface area contributed by atoms with Crippen LogP contribution in [-0.4, -0.2) is 154 Å². The van der Waals surface area contributed by atoms with Crippen LogP contribution in [0, 0.1) is 0 Å². The highest BCUT2D eigenvalue weighted by atomic mass is 32.1. The molecule has 0 radical (unpaired) electrons. The van der Waals surface area contributed by atoms with Crippen LogP contribution < -0.4 is 65.1 Å². The van der Waals surface area contributed by atoms with Crippen molar-refractivity contribution < 1.29 is 58.2 Å². The van der Waals surface area contributed by atoms with Crippen LogP contribution in [0.25, 0.3) is 10.8 Å². The number of hydrogen-bond acceptors (Lipinski definition) is 16. The lowest BCUT2D eigenvalue weighted by Gasteiger charge is -2.32. The van der Waals surface area contributed by atoms with Crippen LogP contribution in [0.15, 0.2) is 97.1 Å². The van der Waals surface area contributed by atoms with Crippen LogP contribution in [0.3, 0.4) is 0 Å². The molecule has 4 aromatic rings.